The summed E-state index contributed by atoms with van der Waals surface area (Å²) in [6.45, 7) is 1.51. The van der Waals surface area contributed by atoms with Gasteiger partial charge in [-0.15, -0.1) is 0 Å². The van der Waals surface area contributed by atoms with Crippen molar-refractivity contribution in [1.82, 2.24) is 9.88 Å². The lowest BCUT2D eigenvalue weighted by Gasteiger charge is -2.21. The smallest absolute Gasteiger partial charge is 0.255 e. The Bertz CT molecular complexity index is 884. The Balaban J connectivity index is 1.61. The van der Waals surface area contributed by atoms with Gasteiger partial charge in [0.15, 0.2) is 0 Å². The van der Waals surface area contributed by atoms with E-state index >= 15 is 0 Å². The minimum atomic E-state index is 0.104. The van der Waals surface area contributed by atoms with E-state index in [-0.39, 0.29) is 5.91 Å². The van der Waals surface area contributed by atoms with Gasteiger partial charge >= 0.3 is 0 Å². The van der Waals surface area contributed by atoms with Crippen LogP contribution in [0.5, 0.6) is 0 Å². The molecule has 1 aliphatic rings. The Morgan fingerprint density at radius 1 is 1.00 bits per heavy atom. The topological polar surface area (TPSA) is 36.1 Å². The van der Waals surface area contributed by atoms with Crippen molar-refractivity contribution >= 4 is 32.7 Å². The first-order chi connectivity index (χ1) is 11.2. The van der Waals surface area contributed by atoms with Crippen LogP contribution < -0.4 is 0 Å². The molecule has 3 aromatic rings. The van der Waals surface area contributed by atoms with E-state index in [1.165, 1.54) is 22.2 Å². The molecule has 23 heavy (non-hydrogen) atoms. The minimum Gasteiger partial charge on any atom is -0.358 e. The van der Waals surface area contributed by atoms with E-state index in [0.717, 1.165) is 36.0 Å². The largest absolute Gasteiger partial charge is 0.358 e. The Morgan fingerprint density at radius 2 is 1.74 bits per heavy atom. The average Bonchev–Trinajstić information content (AvgIpc) is 2.79. The summed E-state index contributed by atoms with van der Waals surface area (Å²) < 4.78 is 0.859. The zero-order chi connectivity index (χ0) is 15.8. The molecule has 0 saturated heterocycles. The first-order valence-corrected chi connectivity index (χ1v) is 8.65. The molecular formula is C19H17BrN2O. The maximum absolute atomic E-state index is 12.8. The lowest BCUT2D eigenvalue weighted by Crippen LogP contribution is -2.33. The van der Waals surface area contributed by atoms with Crippen LogP contribution in [0.1, 0.15) is 21.6 Å². The van der Waals surface area contributed by atoms with Crippen LogP contribution in [0.15, 0.2) is 53.0 Å². The van der Waals surface area contributed by atoms with Crippen LogP contribution in [-0.4, -0.2) is 28.9 Å². The zero-order valence-corrected chi connectivity index (χ0v) is 14.3. The third-order valence-electron chi connectivity index (χ3n) is 4.56. The van der Waals surface area contributed by atoms with Crippen LogP contribution in [0.3, 0.4) is 0 Å². The first-order valence-electron chi connectivity index (χ1n) is 7.86. The van der Waals surface area contributed by atoms with Crippen LogP contribution in [0, 0.1) is 0 Å². The van der Waals surface area contributed by atoms with E-state index in [2.05, 4.69) is 45.2 Å². The molecular weight excluding hydrogens is 352 g/mol. The quantitative estimate of drug-likeness (QED) is 0.687. The first kappa shape index (κ1) is 14.5. The number of aromatic amines is 1. The van der Waals surface area contributed by atoms with Gasteiger partial charge in [0.05, 0.1) is 5.56 Å². The van der Waals surface area contributed by atoms with Crippen molar-refractivity contribution in [2.24, 2.45) is 0 Å². The molecule has 2 heterocycles. The maximum Gasteiger partial charge on any atom is 0.255 e. The number of carbonyl (C=O) groups excluding carboxylic acids is 1. The predicted molar refractivity (Wildman–Crippen MR) is 95.8 cm³/mol. The normalized spacial score (nSPS) is 14.6. The van der Waals surface area contributed by atoms with Gasteiger partial charge in [-0.2, -0.15) is 0 Å². The summed E-state index contributed by atoms with van der Waals surface area (Å²) in [6.07, 6.45) is 1.77. The summed E-state index contributed by atoms with van der Waals surface area (Å²) in [5.41, 5.74) is 4.57. The number of nitrogens with zero attached hydrogens (tertiary/aromatic N) is 1. The second-order valence-corrected chi connectivity index (χ2v) is 6.75. The van der Waals surface area contributed by atoms with E-state index in [0.29, 0.717) is 0 Å². The van der Waals surface area contributed by atoms with Gasteiger partial charge in [0.2, 0.25) is 0 Å². The number of carbonyl (C=O) groups is 1. The van der Waals surface area contributed by atoms with Gasteiger partial charge in [-0.25, -0.2) is 0 Å². The Morgan fingerprint density at radius 3 is 2.61 bits per heavy atom. The number of fused-ring (bicyclic) bond motifs is 3. The number of para-hydroxylation sites is 1. The van der Waals surface area contributed by atoms with E-state index in [1.54, 1.807) is 0 Å². The Labute approximate surface area is 143 Å². The molecule has 1 amide bonds. The van der Waals surface area contributed by atoms with Gasteiger partial charge in [-0.1, -0.05) is 30.3 Å². The molecule has 2 aromatic carbocycles. The monoisotopic (exact) mass is 368 g/mol. The highest BCUT2D eigenvalue weighted by molar-refractivity contribution is 9.10. The third kappa shape index (κ3) is 2.57. The molecule has 3 nitrogen and oxygen atoms in total. The van der Waals surface area contributed by atoms with Gasteiger partial charge in [-0.3, -0.25) is 4.79 Å². The molecule has 0 saturated carbocycles. The molecule has 4 heteroatoms. The lowest BCUT2D eigenvalue weighted by atomic mass is 10.1. The number of hydrogen-bond donors (Lipinski definition) is 1. The highest BCUT2D eigenvalue weighted by Gasteiger charge is 2.23. The standard InChI is InChI=1S/C19H17BrN2O/c20-16-7-3-1-6-15(16)19(23)22-11-9-14-13-5-2-4-8-17(13)21-18(14)10-12-22/h1-8,21H,9-12H2. The number of hydrogen-bond acceptors (Lipinski definition) is 1. The molecule has 0 aliphatic carbocycles. The van der Waals surface area contributed by atoms with Crippen molar-refractivity contribution in [3.8, 4) is 0 Å². The maximum atomic E-state index is 12.8. The SMILES string of the molecule is O=C(c1ccccc1Br)N1CCc2[nH]c3ccccc3c2CC1. The van der Waals surface area contributed by atoms with Gasteiger partial charge in [0.25, 0.3) is 5.91 Å². The fourth-order valence-corrected chi connectivity index (χ4v) is 3.82. The van der Waals surface area contributed by atoms with Crippen LogP contribution in [0.2, 0.25) is 0 Å². The van der Waals surface area contributed by atoms with Gasteiger partial charge in [-0.05, 0) is 46.1 Å². The Kier molecular flexibility index (Phi) is 3.69. The van der Waals surface area contributed by atoms with E-state index in [1.807, 2.05) is 29.2 Å². The van der Waals surface area contributed by atoms with E-state index in [4.69, 9.17) is 0 Å². The molecule has 0 bridgehead atoms. The molecule has 0 radical (unpaired) electrons. The molecule has 1 N–H and O–H groups in total. The van der Waals surface area contributed by atoms with Gasteiger partial charge in [0, 0.05) is 40.6 Å². The zero-order valence-electron chi connectivity index (χ0n) is 12.7. The third-order valence-corrected chi connectivity index (χ3v) is 5.25. The lowest BCUT2D eigenvalue weighted by molar-refractivity contribution is 0.0762. The minimum absolute atomic E-state index is 0.104. The molecule has 116 valence electrons. The Hall–Kier alpha value is -2.07. The molecule has 4 rings (SSSR count). The summed E-state index contributed by atoms with van der Waals surface area (Å²) in [7, 11) is 0. The van der Waals surface area contributed by atoms with Crippen molar-refractivity contribution in [3.63, 3.8) is 0 Å². The van der Waals surface area contributed by atoms with Crippen LogP contribution in [-0.2, 0) is 12.8 Å². The van der Waals surface area contributed by atoms with E-state index < -0.39 is 0 Å². The van der Waals surface area contributed by atoms with Gasteiger partial charge in [0.1, 0.15) is 0 Å². The fraction of sp³-hybridized carbons (Fsp3) is 0.211. The van der Waals surface area contributed by atoms with Crippen LogP contribution in [0.25, 0.3) is 10.9 Å². The average molecular weight is 369 g/mol. The number of H-pyrrole nitrogens is 1. The molecule has 0 fully saturated rings. The molecule has 0 atom stereocenters. The van der Waals surface area contributed by atoms with Crippen molar-refractivity contribution in [2.45, 2.75) is 12.8 Å². The number of benzene rings is 2. The summed E-state index contributed by atoms with van der Waals surface area (Å²) in [5, 5.41) is 1.29. The molecule has 0 unspecified atom stereocenters. The number of amides is 1. The van der Waals surface area contributed by atoms with Crippen molar-refractivity contribution in [2.75, 3.05) is 13.1 Å². The van der Waals surface area contributed by atoms with Crippen LogP contribution >= 0.6 is 15.9 Å². The molecule has 0 spiro atoms. The highest BCUT2D eigenvalue weighted by Crippen LogP contribution is 2.26. The van der Waals surface area contributed by atoms with Crippen molar-refractivity contribution in [3.05, 3.63) is 69.8 Å². The molecule has 1 aromatic heterocycles. The second-order valence-electron chi connectivity index (χ2n) is 5.90. The fourth-order valence-electron chi connectivity index (χ4n) is 3.37. The van der Waals surface area contributed by atoms with Crippen LogP contribution in [0.4, 0.5) is 0 Å². The second kappa shape index (κ2) is 5.85. The number of rotatable bonds is 1. The predicted octanol–water partition coefficient (Wildman–Crippen LogP) is 4.17. The number of halogens is 1. The van der Waals surface area contributed by atoms with Crippen molar-refractivity contribution in [1.29, 1.82) is 0 Å². The summed E-state index contributed by atoms with van der Waals surface area (Å²) in [5.74, 6) is 0.104. The highest BCUT2D eigenvalue weighted by atomic mass is 79.9. The summed E-state index contributed by atoms with van der Waals surface area (Å²) in [4.78, 5) is 18.3. The van der Waals surface area contributed by atoms with Gasteiger partial charge < -0.3 is 9.88 Å². The van der Waals surface area contributed by atoms with Crippen molar-refractivity contribution < 1.29 is 4.79 Å². The molecule has 1 aliphatic heterocycles. The summed E-state index contributed by atoms with van der Waals surface area (Å²) in [6, 6.07) is 16.1. The summed E-state index contributed by atoms with van der Waals surface area (Å²) >= 11 is 3.48. The number of nitrogens with one attached hydrogen (secondary N) is 1. The van der Waals surface area contributed by atoms with E-state index in [9.17, 15) is 4.79 Å². The number of aromatic nitrogens is 1.